The van der Waals surface area contributed by atoms with Gasteiger partial charge < -0.3 is 29.2 Å². The lowest BCUT2D eigenvalue weighted by atomic mass is 9.94. The van der Waals surface area contributed by atoms with E-state index >= 15 is 0 Å². The highest BCUT2D eigenvalue weighted by atomic mass is 35.5. The van der Waals surface area contributed by atoms with Gasteiger partial charge in [-0.2, -0.15) is 9.97 Å². The zero-order valence-electron chi connectivity index (χ0n) is 24.5. The maximum absolute atomic E-state index is 13.8. The lowest BCUT2D eigenvalue weighted by Crippen LogP contribution is -2.57. The maximum atomic E-state index is 13.8. The van der Waals surface area contributed by atoms with Gasteiger partial charge in [0.25, 0.3) is 5.91 Å². The SMILES string of the molecule is [C-]#[N+]C[C@H]1CN(c2nc(OC[C@H]3C[C@H](O)CN3C)nc3c2COC(c2cccc4cccc(Cl)c24)C3)CCN1C(=O)C(=C)F. The van der Waals surface area contributed by atoms with E-state index < -0.39 is 23.9 Å². The number of likely N-dealkylation sites (N-methyl/N-ethyl adjacent to an activating group) is 1. The third-order valence-corrected chi connectivity index (χ3v) is 9.05. The van der Waals surface area contributed by atoms with Crippen LogP contribution in [0.3, 0.4) is 0 Å². The molecule has 12 heteroatoms. The molecular weight excluding hydrogens is 587 g/mol. The Morgan fingerprint density at radius 3 is 2.75 bits per heavy atom. The molecule has 0 spiro atoms. The van der Waals surface area contributed by atoms with Crippen LogP contribution >= 0.6 is 11.6 Å². The number of anilines is 1. The summed E-state index contributed by atoms with van der Waals surface area (Å²) >= 11 is 6.64. The van der Waals surface area contributed by atoms with Crippen molar-refractivity contribution < 1.29 is 23.8 Å². The van der Waals surface area contributed by atoms with Gasteiger partial charge in [0.05, 0.1) is 24.5 Å². The molecule has 0 bridgehead atoms. The number of aromatic nitrogens is 2. The average molecular weight is 621 g/mol. The van der Waals surface area contributed by atoms with E-state index in [0.717, 1.165) is 27.6 Å². The minimum atomic E-state index is -1.04. The van der Waals surface area contributed by atoms with Gasteiger partial charge in [0, 0.05) is 54.6 Å². The number of hydrogen-bond donors (Lipinski definition) is 1. The van der Waals surface area contributed by atoms with Gasteiger partial charge in [-0.3, -0.25) is 9.69 Å². The summed E-state index contributed by atoms with van der Waals surface area (Å²) in [7, 11) is 1.95. The first-order chi connectivity index (χ1) is 21.2. The first-order valence-electron chi connectivity index (χ1n) is 14.7. The Kier molecular flexibility index (Phi) is 8.69. The summed E-state index contributed by atoms with van der Waals surface area (Å²) in [5, 5.41) is 12.7. The van der Waals surface area contributed by atoms with Crippen LogP contribution < -0.4 is 9.64 Å². The highest BCUT2D eigenvalue weighted by Gasteiger charge is 2.37. The monoisotopic (exact) mass is 620 g/mol. The van der Waals surface area contributed by atoms with Crippen molar-refractivity contribution in [1.29, 1.82) is 0 Å². The molecule has 0 saturated carbocycles. The van der Waals surface area contributed by atoms with Crippen LogP contribution in [-0.2, 0) is 22.6 Å². The Morgan fingerprint density at radius 2 is 2.02 bits per heavy atom. The number of likely N-dealkylation sites (tertiary alicyclic amines) is 1. The first-order valence-corrected chi connectivity index (χ1v) is 15.0. The molecule has 2 aromatic carbocycles. The highest BCUT2D eigenvalue weighted by molar-refractivity contribution is 6.35. The van der Waals surface area contributed by atoms with Crippen molar-refractivity contribution in [2.45, 2.75) is 43.7 Å². The predicted octanol–water partition coefficient (Wildman–Crippen LogP) is 3.96. The number of aliphatic hydroxyl groups is 1. The van der Waals surface area contributed by atoms with Crippen molar-refractivity contribution in [3.63, 3.8) is 0 Å². The molecule has 10 nitrogen and oxygen atoms in total. The number of aliphatic hydroxyl groups excluding tert-OH is 1. The summed E-state index contributed by atoms with van der Waals surface area (Å²) in [4.78, 5) is 31.1. The number of β-amino-alcohol motifs (C(OH)–C–C–N with tert-alkyl or cyclic N) is 1. The van der Waals surface area contributed by atoms with E-state index in [1.807, 2.05) is 48.3 Å². The topological polar surface area (TPSA) is 95.6 Å². The summed E-state index contributed by atoms with van der Waals surface area (Å²) in [5.74, 6) is -1.23. The first kappa shape index (κ1) is 30.2. The number of hydrogen-bond acceptors (Lipinski definition) is 8. The van der Waals surface area contributed by atoms with Crippen LogP contribution in [0.15, 0.2) is 48.8 Å². The Balaban J connectivity index is 1.34. The van der Waals surface area contributed by atoms with Crippen molar-refractivity contribution in [2.24, 2.45) is 0 Å². The lowest BCUT2D eigenvalue weighted by Gasteiger charge is -2.40. The van der Waals surface area contributed by atoms with E-state index in [4.69, 9.17) is 37.6 Å². The van der Waals surface area contributed by atoms with Crippen LogP contribution in [0.25, 0.3) is 15.6 Å². The van der Waals surface area contributed by atoms with Crippen LogP contribution in [0.2, 0.25) is 5.02 Å². The van der Waals surface area contributed by atoms with E-state index in [1.54, 1.807) is 0 Å². The number of fused-ring (bicyclic) bond motifs is 2. The summed E-state index contributed by atoms with van der Waals surface area (Å²) in [5.41, 5.74) is 2.56. The molecule has 4 atom stereocenters. The van der Waals surface area contributed by atoms with Gasteiger partial charge >= 0.3 is 6.01 Å². The fraction of sp³-hybridized carbons (Fsp3) is 0.438. The molecule has 2 fully saturated rings. The number of ether oxygens (including phenoxy) is 2. The predicted molar refractivity (Wildman–Crippen MR) is 164 cm³/mol. The van der Waals surface area contributed by atoms with Gasteiger partial charge in [-0.1, -0.05) is 48.5 Å². The fourth-order valence-corrected chi connectivity index (χ4v) is 6.79. The molecule has 3 aliphatic heterocycles. The fourth-order valence-electron chi connectivity index (χ4n) is 6.50. The number of nitrogens with zero attached hydrogens (tertiary/aromatic N) is 6. The zero-order valence-corrected chi connectivity index (χ0v) is 25.2. The zero-order chi connectivity index (χ0) is 31.0. The summed E-state index contributed by atoms with van der Waals surface area (Å²) in [6.45, 7) is 12.6. The van der Waals surface area contributed by atoms with Crippen LogP contribution in [0.1, 0.15) is 29.3 Å². The Morgan fingerprint density at radius 1 is 1.23 bits per heavy atom. The van der Waals surface area contributed by atoms with Crippen molar-refractivity contribution >= 4 is 34.1 Å². The number of piperazine rings is 1. The molecule has 2 saturated heterocycles. The number of halogens is 2. The molecule has 44 heavy (non-hydrogen) atoms. The minimum absolute atomic E-state index is 0.0168. The quantitative estimate of drug-likeness (QED) is 0.313. The Labute approximate surface area is 260 Å². The molecule has 230 valence electrons. The van der Waals surface area contributed by atoms with Crippen LogP contribution in [-0.4, -0.2) is 95.3 Å². The third-order valence-electron chi connectivity index (χ3n) is 8.74. The summed E-state index contributed by atoms with van der Waals surface area (Å²) < 4.78 is 26.4. The molecule has 3 aliphatic rings. The van der Waals surface area contributed by atoms with Gasteiger partial charge in [0.1, 0.15) is 18.5 Å². The van der Waals surface area contributed by atoms with Crippen molar-refractivity contribution in [2.75, 3.05) is 51.3 Å². The molecule has 6 rings (SSSR count). The van der Waals surface area contributed by atoms with Gasteiger partial charge in [0.2, 0.25) is 6.54 Å². The van der Waals surface area contributed by atoms with Gasteiger partial charge in [-0.25, -0.2) is 11.0 Å². The van der Waals surface area contributed by atoms with Gasteiger partial charge in [-0.05, 0) is 30.5 Å². The second-order valence-corrected chi connectivity index (χ2v) is 12.0. The Hall–Kier alpha value is -3.82. The van der Waals surface area contributed by atoms with E-state index in [1.165, 1.54) is 4.90 Å². The minimum Gasteiger partial charge on any atom is -0.462 e. The van der Waals surface area contributed by atoms with Crippen LogP contribution in [0, 0.1) is 6.57 Å². The van der Waals surface area contributed by atoms with Crippen molar-refractivity contribution in [3.05, 3.63) is 82.1 Å². The highest BCUT2D eigenvalue weighted by Crippen LogP contribution is 2.39. The summed E-state index contributed by atoms with van der Waals surface area (Å²) in [6.07, 6.45) is 0.343. The number of carbonyl (C=O) groups is 1. The summed E-state index contributed by atoms with van der Waals surface area (Å²) in [6, 6.07) is 11.5. The number of rotatable bonds is 7. The largest absolute Gasteiger partial charge is 0.462 e. The third kappa shape index (κ3) is 5.95. The normalized spacial score (nSPS) is 23.8. The molecule has 3 aromatic rings. The van der Waals surface area contributed by atoms with E-state index in [-0.39, 0.29) is 44.4 Å². The van der Waals surface area contributed by atoms with E-state index in [2.05, 4.69) is 16.3 Å². The molecule has 0 aliphatic carbocycles. The molecule has 1 unspecified atom stereocenters. The van der Waals surface area contributed by atoms with E-state index in [0.29, 0.717) is 43.4 Å². The maximum Gasteiger partial charge on any atom is 0.318 e. The molecule has 0 radical (unpaired) electrons. The molecule has 1 aromatic heterocycles. The lowest BCUT2D eigenvalue weighted by molar-refractivity contribution is -0.131. The molecular formula is C32H34ClFN6O4. The Bertz CT molecular complexity index is 1630. The van der Waals surface area contributed by atoms with Crippen molar-refractivity contribution in [3.8, 4) is 6.01 Å². The standard InChI is InChI=1S/C32H34ClFN6O4/c1-19(34)31(42)40-11-10-39(15-22(40)14-35-2)30-25-18-43-28(24-8-4-6-20-7-5-9-26(33)29(20)24)13-27(25)36-32(37-30)44-17-21-12-23(41)16-38(21)3/h4-9,21-23,28,41H,1,10-18H2,3H3/t21-,22+,23+,28?/m1/s1. The number of carbonyl (C=O) groups excluding carboxylic acids is 1. The average Bonchev–Trinajstić information content (AvgIpc) is 3.35. The molecule has 4 heterocycles. The molecule has 1 amide bonds. The van der Waals surface area contributed by atoms with Crippen LogP contribution in [0.5, 0.6) is 6.01 Å². The van der Waals surface area contributed by atoms with Crippen LogP contribution in [0.4, 0.5) is 10.2 Å². The van der Waals surface area contributed by atoms with Gasteiger partial charge in [0.15, 0.2) is 5.83 Å². The molecule has 1 N–H and O–H groups in total. The smallest absolute Gasteiger partial charge is 0.318 e. The number of benzene rings is 2. The van der Waals surface area contributed by atoms with Crippen molar-refractivity contribution in [1.82, 2.24) is 19.8 Å². The second-order valence-electron chi connectivity index (χ2n) is 11.6. The van der Waals surface area contributed by atoms with Gasteiger partial charge in [-0.15, -0.1) is 0 Å². The second kappa shape index (κ2) is 12.7. The number of amides is 1. The van der Waals surface area contributed by atoms with E-state index in [9.17, 15) is 14.3 Å².